The highest BCUT2D eigenvalue weighted by atomic mass is 16.5. The third-order valence-corrected chi connectivity index (χ3v) is 3.00. The molecule has 0 aromatic rings. The number of rotatable bonds is 5. The van der Waals surface area contributed by atoms with Crippen LogP contribution in [0.5, 0.6) is 0 Å². The van der Waals surface area contributed by atoms with Gasteiger partial charge in [-0.15, -0.1) is 0 Å². The van der Waals surface area contributed by atoms with Crippen molar-refractivity contribution < 1.29 is 9.53 Å². The minimum absolute atomic E-state index is 0.0174. The van der Waals surface area contributed by atoms with Gasteiger partial charge < -0.3 is 10.1 Å². The van der Waals surface area contributed by atoms with Gasteiger partial charge in [0.25, 0.3) is 0 Å². The van der Waals surface area contributed by atoms with Crippen LogP contribution in [0.1, 0.15) is 40.0 Å². The van der Waals surface area contributed by atoms with E-state index in [1.54, 1.807) is 0 Å². The number of esters is 1. The van der Waals surface area contributed by atoms with Gasteiger partial charge in [0.05, 0.1) is 12.5 Å². The number of ether oxygens (including phenoxy) is 1. The van der Waals surface area contributed by atoms with Gasteiger partial charge in [-0.1, -0.05) is 13.8 Å². The van der Waals surface area contributed by atoms with Crippen molar-refractivity contribution in [2.75, 3.05) is 13.2 Å². The Balaban J connectivity index is 2.13. The standard InChI is InChI=1S/C12H23NO2/c1-9(2)5-4-8-15-12(14)11-6-7-13-10(11)3/h9-11,13H,4-8H2,1-3H3. The Morgan fingerprint density at radius 1 is 1.53 bits per heavy atom. The van der Waals surface area contributed by atoms with E-state index in [0.29, 0.717) is 12.5 Å². The van der Waals surface area contributed by atoms with E-state index in [2.05, 4.69) is 19.2 Å². The minimum atomic E-state index is -0.0174. The van der Waals surface area contributed by atoms with Crippen molar-refractivity contribution in [3.05, 3.63) is 0 Å². The number of hydrogen-bond donors (Lipinski definition) is 1. The quantitative estimate of drug-likeness (QED) is 0.560. The van der Waals surface area contributed by atoms with E-state index in [1.165, 1.54) is 0 Å². The highest BCUT2D eigenvalue weighted by Gasteiger charge is 2.30. The SMILES string of the molecule is CC(C)CCCOC(=O)C1CCNC1C. The largest absolute Gasteiger partial charge is 0.465 e. The molecule has 1 saturated heterocycles. The Morgan fingerprint density at radius 3 is 2.80 bits per heavy atom. The Hall–Kier alpha value is -0.570. The first-order valence-electron chi connectivity index (χ1n) is 6.01. The summed E-state index contributed by atoms with van der Waals surface area (Å²) in [5.41, 5.74) is 0. The molecule has 1 N–H and O–H groups in total. The van der Waals surface area contributed by atoms with Gasteiger partial charge in [-0.25, -0.2) is 0 Å². The van der Waals surface area contributed by atoms with Gasteiger partial charge in [-0.3, -0.25) is 4.79 Å². The zero-order chi connectivity index (χ0) is 11.3. The fraction of sp³-hybridized carbons (Fsp3) is 0.917. The maximum Gasteiger partial charge on any atom is 0.310 e. The van der Waals surface area contributed by atoms with E-state index in [9.17, 15) is 4.79 Å². The summed E-state index contributed by atoms with van der Waals surface area (Å²) in [7, 11) is 0. The van der Waals surface area contributed by atoms with Gasteiger partial charge in [-0.05, 0) is 38.6 Å². The molecule has 2 atom stereocenters. The van der Waals surface area contributed by atoms with E-state index in [1.807, 2.05) is 6.92 Å². The van der Waals surface area contributed by atoms with Gasteiger partial charge in [0, 0.05) is 6.04 Å². The van der Waals surface area contributed by atoms with Crippen molar-refractivity contribution in [2.45, 2.75) is 46.1 Å². The molecule has 0 aromatic heterocycles. The smallest absolute Gasteiger partial charge is 0.310 e. The van der Waals surface area contributed by atoms with Crippen LogP contribution in [0.4, 0.5) is 0 Å². The monoisotopic (exact) mass is 213 g/mol. The van der Waals surface area contributed by atoms with Gasteiger partial charge >= 0.3 is 5.97 Å². The average molecular weight is 213 g/mol. The van der Waals surface area contributed by atoms with Crippen molar-refractivity contribution in [2.24, 2.45) is 11.8 Å². The molecule has 1 aliphatic heterocycles. The van der Waals surface area contributed by atoms with Crippen LogP contribution in [-0.2, 0) is 9.53 Å². The third kappa shape index (κ3) is 4.20. The predicted octanol–water partition coefficient (Wildman–Crippen LogP) is 1.96. The molecule has 15 heavy (non-hydrogen) atoms. The van der Waals surface area contributed by atoms with E-state index >= 15 is 0 Å². The first-order chi connectivity index (χ1) is 7.11. The van der Waals surface area contributed by atoms with E-state index in [4.69, 9.17) is 4.74 Å². The topological polar surface area (TPSA) is 38.3 Å². The van der Waals surface area contributed by atoms with Gasteiger partial charge in [0.2, 0.25) is 0 Å². The predicted molar refractivity (Wildman–Crippen MR) is 60.6 cm³/mol. The molecule has 0 radical (unpaired) electrons. The number of nitrogens with one attached hydrogen (secondary N) is 1. The maximum absolute atomic E-state index is 11.6. The normalized spacial score (nSPS) is 25.9. The summed E-state index contributed by atoms with van der Waals surface area (Å²) < 4.78 is 5.27. The minimum Gasteiger partial charge on any atom is -0.465 e. The lowest BCUT2D eigenvalue weighted by molar-refractivity contribution is -0.148. The molecule has 88 valence electrons. The lowest BCUT2D eigenvalue weighted by atomic mass is 10.0. The molecule has 0 amide bonds. The molecule has 2 unspecified atom stereocenters. The lowest BCUT2D eigenvalue weighted by Gasteiger charge is -2.14. The molecule has 0 bridgehead atoms. The summed E-state index contributed by atoms with van der Waals surface area (Å²) in [4.78, 5) is 11.6. The molecule has 0 spiro atoms. The molecule has 3 nitrogen and oxygen atoms in total. The number of carbonyl (C=O) groups excluding carboxylic acids is 1. The molecular formula is C12H23NO2. The highest BCUT2D eigenvalue weighted by Crippen LogP contribution is 2.17. The molecule has 0 aliphatic carbocycles. The molecule has 1 rings (SSSR count). The Labute approximate surface area is 92.6 Å². The molecule has 1 heterocycles. The highest BCUT2D eigenvalue weighted by molar-refractivity contribution is 5.73. The van der Waals surface area contributed by atoms with Gasteiger partial charge in [0.15, 0.2) is 0 Å². The van der Waals surface area contributed by atoms with Crippen LogP contribution in [0.2, 0.25) is 0 Å². The first kappa shape index (κ1) is 12.5. The van der Waals surface area contributed by atoms with E-state index < -0.39 is 0 Å². The third-order valence-electron chi connectivity index (χ3n) is 3.00. The Morgan fingerprint density at radius 2 is 2.27 bits per heavy atom. The Kier molecular flexibility index (Phi) is 5.09. The molecule has 0 aromatic carbocycles. The molecule has 1 aliphatic rings. The van der Waals surface area contributed by atoms with Crippen LogP contribution in [0.15, 0.2) is 0 Å². The van der Waals surface area contributed by atoms with Crippen molar-refractivity contribution in [1.82, 2.24) is 5.32 Å². The second kappa shape index (κ2) is 6.11. The summed E-state index contributed by atoms with van der Waals surface area (Å²) >= 11 is 0. The van der Waals surface area contributed by atoms with Crippen LogP contribution in [0.25, 0.3) is 0 Å². The molecule has 1 fully saturated rings. The summed E-state index contributed by atoms with van der Waals surface area (Å²) in [6.45, 7) is 7.94. The summed E-state index contributed by atoms with van der Waals surface area (Å²) in [6.07, 6.45) is 3.04. The zero-order valence-electron chi connectivity index (χ0n) is 10.1. The first-order valence-corrected chi connectivity index (χ1v) is 6.01. The van der Waals surface area contributed by atoms with Gasteiger partial charge in [0.1, 0.15) is 0 Å². The van der Waals surface area contributed by atoms with E-state index in [0.717, 1.165) is 25.8 Å². The van der Waals surface area contributed by atoms with Crippen LogP contribution >= 0.6 is 0 Å². The lowest BCUT2D eigenvalue weighted by Crippen LogP contribution is -2.29. The van der Waals surface area contributed by atoms with Crippen molar-refractivity contribution in [1.29, 1.82) is 0 Å². The van der Waals surface area contributed by atoms with Crippen molar-refractivity contribution in [3.63, 3.8) is 0 Å². The summed E-state index contributed by atoms with van der Waals surface area (Å²) in [5, 5.41) is 3.26. The van der Waals surface area contributed by atoms with Crippen LogP contribution in [0.3, 0.4) is 0 Å². The zero-order valence-corrected chi connectivity index (χ0v) is 10.1. The van der Waals surface area contributed by atoms with Crippen LogP contribution in [-0.4, -0.2) is 25.2 Å². The van der Waals surface area contributed by atoms with Crippen molar-refractivity contribution >= 4 is 5.97 Å². The molecule has 0 saturated carbocycles. The fourth-order valence-electron chi connectivity index (χ4n) is 1.95. The van der Waals surface area contributed by atoms with Gasteiger partial charge in [-0.2, -0.15) is 0 Å². The van der Waals surface area contributed by atoms with Crippen LogP contribution in [0, 0.1) is 11.8 Å². The molecular weight excluding hydrogens is 190 g/mol. The van der Waals surface area contributed by atoms with Crippen molar-refractivity contribution in [3.8, 4) is 0 Å². The average Bonchev–Trinajstić information content (AvgIpc) is 2.58. The summed E-state index contributed by atoms with van der Waals surface area (Å²) in [5.74, 6) is 0.746. The second-order valence-electron chi connectivity index (χ2n) is 4.84. The number of carbonyl (C=O) groups is 1. The number of hydrogen-bond acceptors (Lipinski definition) is 3. The van der Waals surface area contributed by atoms with E-state index in [-0.39, 0.29) is 17.9 Å². The second-order valence-corrected chi connectivity index (χ2v) is 4.84. The van der Waals surface area contributed by atoms with Crippen LogP contribution < -0.4 is 5.32 Å². The maximum atomic E-state index is 11.6. The molecule has 3 heteroatoms. The Bertz CT molecular complexity index is 204. The summed E-state index contributed by atoms with van der Waals surface area (Å²) in [6, 6.07) is 0.280. The fourth-order valence-corrected chi connectivity index (χ4v) is 1.95.